The number of nitrogens with zero attached hydrogens (tertiary/aromatic N) is 3. The number of azide groups is 1. The second-order valence-electron chi connectivity index (χ2n) is 3.04. The summed E-state index contributed by atoms with van der Waals surface area (Å²) in [4.78, 5) is 2.47. The molecule has 0 aliphatic carbocycles. The molecular formula is C6H12N4O4. The van der Waals surface area contributed by atoms with E-state index in [2.05, 4.69) is 10.0 Å². The Morgan fingerprint density at radius 2 is 2.00 bits per heavy atom. The molecule has 0 radical (unpaired) electrons. The van der Waals surface area contributed by atoms with Crippen molar-refractivity contribution in [1.82, 2.24) is 0 Å². The lowest BCUT2D eigenvalue weighted by molar-refractivity contribution is -0.238. The molecule has 0 bridgehead atoms. The van der Waals surface area contributed by atoms with Crippen LogP contribution in [0.5, 0.6) is 0 Å². The molecule has 0 amide bonds. The maximum absolute atomic E-state index is 9.40. The van der Waals surface area contributed by atoms with Crippen LogP contribution >= 0.6 is 0 Å². The molecule has 3 unspecified atom stereocenters. The van der Waals surface area contributed by atoms with Gasteiger partial charge in [0.25, 0.3) is 0 Å². The van der Waals surface area contributed by atoms with E-state index in [0.29, 0.717) is 0 Å². The molecule has 8 nitrogen and oxygen atoms in total. The summed E-state index contributed by atoms with van der Waals surface area (Å²) < 4.78 is 4.84. The summed E-state index contributed by atoms with van der Waals surface area (Å²) >= 11 is 0. The third-order valence-corrected chi connectivity index (χ3v) is 2.09. The molecule has 80 valence electrons. The molecular weight excluding hydrogens is 192 g/mol. The van der Waals surface area contributed by atoms with Gasteiger partial charge in [-0.1, -0.05) is 5.11 Å². The summed E-state index contributed by atoms with van der Waals surface area (Å²) in [5, 5.41) is 31.1. The fourth-order valence-corrected chi connectivity index (χ4v) is 1.23. The zero-order chi connectivity index (χ0) is 10.7. The monoisotopic (exact) mass is 204 g/mol. The molecule has 0 saturated carbocycles. The van der Waals surface area contributed by atoms with Gasteiger partial charge < -0.3 is 25.8 Å². The fourth-order valence-electron chi connectivity index (χ4n) is 1.23. The summed E-state index contributed by atoms with van der Waals surface area (Å²) in [6.07, 6.45) is -4.86. The minimum Gasteiger partial charge on any atom is -0.388 e. The van der Waals surface area contributed by atoms with Crippen LogP contribution in [0.3, 0.4) is 0 Å². The first-order chi connectivity index (χ1) is 6.57. The molecule has 1 heterocycles. The molecule has 1 aliphatic heterocycles. The molecule has 0 aromatic heterocycles. The van der Waals surface area contributed by atoms with E-state index in [9.17, 15) is 15.3 Å². The highest BCUT2D eigenvalue weighted by atomic mass is 16.6. The number of rotatable bonds is 2. The average Bonchev–Trinajstić information content (AvgIpc) is 2.18. The molecule has 1 aliphatic rings. The van der Waals surface area contributed by atoms with Gasteiger partial charge in [0.1, 0.15) is 12.2 Å². The largest absolute Gasteiger partial charge is 0.388 e. The number of aliphatic hydroxyl groups is 3. The third kappa shape index (κ3) is 2.13. The Hall–Kier alpha value is -0.890. The standard InChI is InChI=1S/C6H12N4O4/c7-3-5(12)4(11)2(1-9-10-8)14-6(3)13/h2-6,11-13H,1,7H2/t2?,3?,4-,5?,6-/m1/s1. The van der Waals surface area contributed by atoms with Crippen LogP contribution in [-0.2, 0) is 4.74 Å². The molecule has 8 heteroatoms. The molecule has 5 atom stereocenters. The molecule has 1 saturated heterocycles. The molecule has 0 aromatic rings. The van der Waals surface area contributed by atoms with Crippen molar-refractivity contribution in [2.24, 2.45) is 10.8 Å². The lowest BCUT2D eigenvalue weighted by Crippen LogP contribution is -2.61. The Kier molecular flexibility index (Phi) is 3.64. The van der Waals surface area contributed by atoms with Crippen molar-refractivity contribution in [2.75, 3.05) is 6.54 Å². The Labute approximate surface area is 79.5 Å². The summed E-state index contributed by atoms with van der Waals surface area (Å²) in [6.45, 7) is -0.168. The summed E-state index contributed by atoms with van der Waals surface area (Å²) in [7, 11) is 0. The number of ether oxygens (including phenoxy) is 1. The second kappa shape index (κ2) is 4.56. The topological polar surface area (TPSA) is 145 Å². The van der Waals surface area contributed by atoms with Gasteiger partial charge in [-0.05, 0) is 5.53 Å². The van der Waals surface area contributed by atoms with Crippen LogP contribution < -0.4 is 5.73 Å². The van der Waals surface area contributed by atoms with Crippen LogP contribution in [0.1, 0.15) is 0 Å². The maximum atomic E-state index is 9.40. The van der Waals surface area contributed by atoms with Crippen LogP contribution in [0, 0.1) is 0 Å². The highest BCUT2D eigenvalue weighted by Crippen LogP contribution is 2.18. The zero-order valence-corrected chi connectivity index (χ0v) is 7.26. The van der Waals surface area contributed by atoms with E-state index in [1.165, 1.54) is 0 Å². The van der Waals surface area contributed by atoms with E-state index < -0.39 is 30.6 Å². The number of hydrogen-bond acceptors (Lipinski definition) is 6. The number of hydrogen-bond donors (Lipinski definition) is 4. The SMILES string of the molecule is [N-]=[N+]=NCC1O[C@@H](O)C(N)C(O)[C@@H]1O. The van der Waals surface area contributed by atoms with Gasteiger partial charge in [0.15, 0.2) is 6.29 Å². The van der Waals surface area contributed by atoms with Crippen LogP contribution in [0.25, 0.3) is 10.4 Å². The first-order valence-corrected chi connectivity index (χ1v) is 4.04. The van der Waals surface area contributed by atoms with Crippen molar-refractivity contribution in [1.29, 1.82) is 0 Å². The van der Waals surface area contributed by atoms with E-state index in [-0.39, 0.29) is 6.54 Å². The van der Waals surface area contributed by atoms with Crippen molar-refractivity contribution in [3.63, 3.8) is 0 Å². The molecule has 14 heavy (non-hydrogen) atoms. The van der Waals surface area contributed by atoms with Crippen LogP contribution in [0.15, 0.2) is 5.11 Å². The van der Waals surface area contributed by atoms with Gasteiger partial charge in [0, 0.05) is 4.91 Å². The minimum atomic E-state index is -1.37. The number of nitrogens with two attached hydrogens (primary N) is 1. The van der Waals surface area contributed by atoms with Gasteiger partial charge in [0.05, 0.1) is 18.7 Å². The van der Waals surface area contributed by atoms with Gasteiger partial charge >= 0.3 is 0 Å². The van der Waals surface area contributed by atoms with Crippen molar-refractivity contribution in [2.45, 2.75) is 30.6 Å². The molecule has 1 fully saturated rings. The predicted molar refractivity (Wildman–Crippen MR) is 44.9 cm³/mol. The van der Waals surface area contributed by atoms with Gasteiger partial charge in [-0.3, -0.25) is 0 Å². The molecule has 0 aromatic carbocycles. The van der Waals surface area contributed by atoms with Crippen LogP contribution in [0.2, 0.25) is 0 Å². The van der Waals surface area contributed by atoms with E-state index in [1.807, 2.05) is 0 Å². The highest BCUT2D eigenvalue weighted by molar-refractivity contribution is 4.91. The van der Waals surface area contributed by atoms with Gasteiger partial charge in [-0.15, -0.1) is 0 Å². The zero-order valence-electron chi connectivity index (χ0n) is 7.26. The lowest BCUT2D eigenvalue weighted by Gasteiger charge is -2.38. The fraction of sp³-hybridized carbons (Fsp3) is 1.00. The number of aliphatic hydroxyl groups excluding tert-OH is 3. The van der Waals surface area contributed by atoms with Gasteiger partial charge in [0.2, 0.25) is 0 Å². The lowest BCUT2D eigenvalue weighted by atomic mass is 9.98. The highest BCUT2D eigenvalue weighted by Gasteiger charge is 2.41. The van der Waals surface area contributed by atoms with Gasteiger partial charge in [-0.2, -0.15) is 0 Å². The molecule has 0 spiro atoms. The first-order valence-electron chi connectivity index (χ1n) is 4.04. The Morgan fingerprint density at radius 1 is 1.36 bits per heavy atom. The first kappa shape index (κ1) is 11.2. The molecule has 5 N–H and O–H groups in total. The average molecular weight is 204 g/mol. The quantitative estimate of drug-likeness (QED) is 0.235. The Morgan fingerprint density at radius 3 is 2.57 bits per heavy atom. The van der Waals surface area contributed by atoms with Crippen LogP contribution in [-0.4, -0.2) is 52.5 Å². The summed E-state index contributed by atoms with van der Waals surface area (Å²) in [5.74, 6) is 0. The van der Waals surface area contributed by atoms with Crippen molar-refractivity contribution < 1.29 is 20.1 Å². The predicted octanol–water partition coefficient (Wildman–Crippen LogP) is -1.94. The summed E-state index contributed by atoms with van der Waals surface area (Å²) in [6, 6.07) is -1.06. The van der Waals surface area contributed by atoms with E-state index in [0.717, 1.165) is 0 Å². The van der Waals surface area contributed by atoms with Crippen molar-refractivity contribution in [3.8, 4) is 0 Å². The smallest absolute Gasteiger partial charge is 0.172 e. The van der Waals surface area contributed by atoms with E-state index in [1.54, 1.807) is 0 Å². The van der Waals surface area contributed by atoms with Crippen molar-refractivity contribution >= 4 is 0 Å². The van der Waals surface area contributed by atoms with E-state index >= 15 is 0 Å². The second-order valence-corrected chi connectivity index (χ2v) is 3.04. The summed E-state index contributed by atoms with van der Waals surface area (Å²) in [5.41, 5.74) is 13.4. The van der Waals surface area contributed by atoms with Crippen molar-refractivity contribution in [3.05, 3.63) is 10.4 Å². The third-order valence-electron chi connectivity index (χ3n) is 2.09. The van der Waals surface area contributed by atoms with E-state index in [4.69, 9.17) is 16.0 Å². The van der Waals surface area contributed by atoms with Gasteiger partial charge in [-0.25, -0.2) is 0 Å². The minimum absolute atomic E-state index is 0.168. The molecule has 1 rings (SSSR count). The normalized spacial score (nSPS) is 43.0. The maximum Gasteiger partial charge on any atom is 0.172 e. The Balaban J connectivity index is 2.64. The van der Waals surface area contributed by atoms with Crippen LogP contribution in [0.4, 0.5) is 0 Å². The Bertz CT molecular complexity index is 244.